The topological polar surface area (TPSA) is 64.0 Å². The summed E-state index contributed by atoms with van der Waals surface area (Å²) >= 11 is 2.98. The predicted octanol–water partition coefficient (Wildman–Crippen LogP) is 3.77. The van der Waals surface area contributed by atoms with E-state index in [1.165, 1.54) is 22.2 Å². The van der Waals surface area contributed by atoms with Gasteiger partial charge < -0.3 is 5.32 Å². The minimum Gasteiger partial charge on any atom is -0.353 e. The van der Waals surface area contributed by atoms with E-state index in [0.29, 0.717) is 17.6 Å². The van der Waals surface area contributed by atoms with Crippen LogP contribution in [0.1, 0.15) is 44.6 Å². The molecule has 5 nitrogen and oxygen atoms in total. The summed E-state index contributed by atoms with van der Waals surface area (Å²) in [6.45, 7) is 12.1. The highest BCUT2D eigenvalue weighted by Gasteiger charge is 2.26. The maximum atomic E-state index is 13.3. The first-order valence-electron chi connectivity index (χ1n) is 9.44. The SMILES string of the molecule is C=CCn1c(SC(C)C(=O)NC(C)C)nc2sc3c(c2c1=O)CCC(C)C3. The molecule has 0 radical (unpaired) electrons. The maximum absolute atomic E-state index is 13.3. The third-order valence-corrected chi connectivity index (χ3v) is 7.01. The van der Waals surface area contributed by atoms with Crippen LogP contribution in [0, 0.1) is 5.92 Å². The van der Waals surface area contributed by atoms with E-state index in [2.05, 4.69) is 18.8 Å². The molecule has 2 aromatic rings. The van der Waals surface area contributed by atoms with Crippen LogP contribution in [0.15, 0.2) is 22.6 Å². The molecule has 0 aromatic carbocycles. The number of fused-ring (bicyclic) bond motifs is 3. The summed E-state index contributed by atoms with van der Waals surface area (Å²) < 4.78 is 1.66. The van der Waals surface area contributed by atoms with Crippen LogP contribution in [0.4, 0.5) is 0 Å². The standard InChI is InChI=1S/C20H27N3O2S2/c1-6-9-23-19(25)16-14-8-7-12(4)10-15(14)27-18(16)22-20(23)26-13(5)17(24)21-11(2)3/h6,11-13H,1,7-10H2,2-5H3,(H,21,24). The van der Waals surface area contributed by atoms with Crippen LogP contribution in [0.25, 0.3) is 10.2 Å². The molecule has 0 saturated carbocycles. The van der Waals surface area contributed by atoms with E-state index >= 15 is 0 Å². The average Bonchev–Trinajstić information content (AvgIpc) is 2.94. The molecule has 0 spiro atoms. The van der Waals surface area contributed by atoms with Crippen LogP contribution >= 0.6 is 23.1 Å². The number of nitrogens with zero attached hydrogens (tertiary/aromatic N) is 2. The Labute approximate surface area is 168 Å². The van der Waals surface area contributed by atoms with Gasteiger partial charge in [0, 0.05) is 17.5 Å². The van der Waals surface area contributed by atoms with Crippen LogP contribution in [-0.4, -0.2) is 26.8 Å². The number of allylic oxidation sites excluding steroid dienone is 1. The monoisotopic (exact) mass is 405 g/mol. The second-order valence-electron chi connectivity index (χ2n) is 7.55. The molecule has 1 N–H and O–H groups in total. The molecule has 1 aliphatic carbocycles. The average molecular weight is 406 g/mol. The smallest absolute Gasteiger partial charge is 0.263 e. The van der Waals surface area contributed by atoms with Gasteiger partial charge in [0.2, 0.25) is 5.91 Å². The molecule has 2 heterocycles. The van der Waals surface area contributed by atoms with Crippen LogP contribution in [0.3, 0.4) is 0 Å². The van der Waals surface area contributed by atoms with Crippen molar-refractivity contribution in [2.75, 3.05) is 0 Å². The lowest BCUT2D eigenvalue weighted by molar-refractivity contribution is -0.120. The lowest BCUT2D eigenvalue weighted by Crippen LogP contribution is -2.36. The van der Waals surface area contributed by atoms with E-state index in [1.807, 2.05) is 20.8 Å². The first kappa shape index (κ1) is 20.1. The summed E-state index contributed by atoms with van der Waals surface area (Å²) in [5.74, 6) is 0.600. The first-order valence-corrected chi connectivity index (χ1v) is 11.1. The number of amides is 1. The van der Waals surface area contributed by atoms with Crippen molar-refractivity contribution in [2.24, 2.45) is 5.92 Å². The molecule has 27 heavy (non-hydrogen) atoms. The van der Waals surface area contributed by atoms with Crippen molar-refractivity contribution >= 4 is 39.2 Å². The fourth-order valence-corrected chi connectivity index (χ4v) is 5.75. The molecular formula is C20H27N3O2S2. The number of carbonyl (C=O) groups excluding carboxylic acids is 1. The molecule has 0 saturated heterocycles. The highest BCUT2D eigenvalue weighted by Crippen LogP contribution is 2.36. The van der Waals surface area contributed by atoms with Crippen molar-refractivity contribution < 1.29 is 4.79 Å². The molecule has 0 fully saturated rings. The Kier molecular flexibility index (Phi) is 6.11. The number of nitrogens with one attached hydrogen (secondary N) is 1. The van der Waals surface area contributed by atoms with Gasteiger partial charge in [0.15, 0.2) is 5.16 Å². The summed E-state index contributed by atoms with van der Waals surface area (Å²) in [5, 5.41) is 3.95. The number of aromatic nitrogens is 2. The molecule has 2 aromatic heterocycles. The Hall–Kier alpha value is -1.60. The van der Waals surface area contributed by atoms with Gasteiger partial charge in [-0.2, -0.15) is 0 Å². The molecule has 1 aliphatic rings. The molecule has 3 rings (SSSR count). The maximum Gasteiger partial charge on any atom is 0.263 e. The van der Waals surface area contributed by atoms with E-state index in [4.69, 9.17) is 4.98 Å². The van der Waals surface area contributed by atoms with Gasteiger partial charge >= 0.3 is 0 Å². The quantitative estimate of drug-likeness (QED) is 0.451. The number of carbonyl (C=O) groups is 1. The molecule has 1 amide bonds. The minimum atomic E-state index is -0.331. The second-order valence-corrected chi connectivity index (χ2v) is 9.95. The Balaban J connectivity index is 2.04. The van der Waals surface area contributed by atoms with Crippen molar-refractivity contribution in [1.29, 1.82) is 0 Å². The molecule has 0 aliphatic heterocycles. The van der Waals surface area contributed by atoms with Crippen molar-refractivity contribution in [1.82, 2.24) is 14.9 Å². The van der Waals surface area contributed by atoms with Gasteiger partial charge in [0.05, 0.1) is 10.6 Å². The zero-order valence-corrected chi connectivity index (χ0v) is 18.0. The van der Waals surface area contributed by atoms with Crippen molar-refractivity contribution in [3.8, 4) is 0 Å². The third-order valence-electron chi connectivity index (χ3n) is 4.77. The fourth-order valence-electron chi connectivity index (χ4n) is 3.40. The summed E-state index contributed by atoms with van der Waals surface area (Å²) in [4.78, 5) is 32.5. The summed E-state index contributed by atoms with van der Waals surface area (Å²) in [6, 6.07) is 0.0809. The van der Waals surface area contributed by atoms with Gasteiger partial charge in [-0.3, -0.25) is 14.2 Å². The Morgan fingerprint density at radius 1 is 1.48 bits per heavy atom. The van der Waals surface area contributed by atoms with Crippen molar-refractivity contribution in [3.63, 3.8) is 0 Å². The third kappa shape index (κ3) is 4.14. The molecule has 2 atom stereocenters. The fraction of sp³-hybridized carbons (Fsp3) is 0.550. The van der Waals surface area contributed by atoms with Gasteiger partial charge in [-0.05, 0) is 51.5 Å². The predicted molar refractivity (Wildman–Crippen MR) is 114 cm³/mol. The van der Waals surface area contributed by atoms with Crippen molar-refractivity contribution in [2.45, 2.75) is 70.0 Å². The Bertz CT molecular complexity index is 929. The first-order chi connectivity index (χ1) is 12.8. The molecular weight excluding hydrogens is 378 g/mol. The Morgan fingerprint density at radius 2 is 2.22 bits per heavy atom. The summed E-state index contributed by atoms with van der Waals surface area (Å²) in [7, 11) is 0. The molecule has 2 unspecified atom stereocenters. The van der Waals surface area contributed by atoms with E-state index in [0.717, 1.165) is 29.5 Å². The molecule has 0 bridgehead atoms. The largest absolute Gasteiger partial charge is 0.353 e. The zero-order chi connectivity index (χ0) is 19.7. The van der Waals surface area contributed by atoms with Gasteiger partial charge in [-0.15, -0.1) is 17.9 Å². The van der Waals surface area contributed by atoms with Crippen LogP contribution < -0.4 is 10.9 Å². The highest BCUT2D eigenvalue weighted by atomic mass is 32.2. The summed E-state index contributed by atoms with van der Waals surface area (Å²) in [5.41, 5.74) is 1.18. The number of hydrogen-bond donors (Lipinski definition) is 1. The zero-order valence-electron chi connectivity index (χ0n) is 16.4. The second kappa shape index (κ2) is 8.19. The van der Waals surface area contributed by atoms with Gasteiger partial charge in [-0.1, -0.05) is 24.8 Å². The normalized spacial score (nSPS) is 17.7. The summed E-state index contributed by atoms with van der Waals surface area (Å²) in [6.07, 6.45) is 4.79. The molecule has 7 heteroatoms. The number of hydrogen-bond acceptors (Lipinski definition) is 5. The van der Waals surface area contributed by atoms with E-state index in [-0.39, 0.29) is 22.8 Å². The van der Waals surface area contributed by atoms with E-state index < -0.39 is 0 Å². The van der Waals surface area contributed by atoms with Gasteiger partial charge in [-0.25, -0.2) is 4.98 Å². The van der Waals surface area contributed by atoms with Crippen LogP contribution in [0.5, 0.6) is 0 Å². The lowest BCUT2D eigenvalue weighted by atomic mass is 9.89. The minimum absolute atomic E-state index is 0.00841. The Morgan fingerprint density at radius 3 is 2.89 bits per heavy atom. The number of thiophene rings is 1. The molecule has 146 valence electrons. The van der Waals surface area contributed by atoms with E-state index in [9.17, 15) is 9.59 Å². The number of thioether (sulfide) groups is 1. The van der Waals surface area contributed by atoms with Crippen LogP contribution in [0.2, 0.25) is 0 Å². The van der Waals surface area contributed by atoms with E-state index in [1.54, 1.807) is 22.0 Å². The number of rotatable bonds is 6. The number of aryl methyl sites for hydroxylation is 1. The lowest BCUT2D eigenvalue weighted by Gasteiger charge is -2.18. The van der Waals surface area contributed by atoms with Gasteiger partial charge in [0.1, 0.15) is 4.83 Å². The van der Waals surface area contributed by atoms with Crippen molar-refractivity contribution in [3.05, 3.63) is 33.4 Å². The van der Waals surface area contributed by atoms with Crippen LogP contribution in [-0.2, 0) is 24.2 Å². The van der Waals surface area contributed by atoms with Gasteiger partial charge in [0.25, 0.3) is 5.56 Å². The highest BCUT2D eigenvalue weighted by molar-refractivity contribution is 8.00.